The van der Waals surface area contributed by atoms with Gasteiger partial charge in [-0.15, -0.1) is 0 Å². The Morgan fingerprint density at radius 2 is 1.72 bits per heavy atom. The quantitative estimate of drug-likeness (QED) is 0.728. The van der Waals surface area contributed by atoms with Crippen molar-refractivity contribution >= 4 is 0 Å². The van der Waals surface area contributed by atoms with Crippen LogP contribution in [0, 0.1) is 19.8 Å². The predicted molar refractivity (Wildman–Crippen MR) is 80.8 cm³/mol. The molecule has 2 atom stereocenters. The van der Waals surface area contributed by atoms with Gasteiger partial charge in [-0.05, 0) is 42.9 Å². The Kier molecular flexibility index (Phi) is 6.42. The number of rotatable bonds is 7. The average molecular weight is 247 g/mol. The fraction of sp³-hybridized carbons (Fsp3) is 0.647. The smallest absolute Gasteiger partial charge is 0.0302 e. The molecule has 0 saturated carbocycles. The second kappa shape index (κ2) is 7.58. The molecule has 0 heterocycles. The zero-order valence-electron chi connectivity index (χ0n) is 12.5. The summed E-state index contributed by atoms with van der Waals surface area (Å²) in [6.45, 7) is 8.90. The maximum absolute atomic E-state index is 6.44. The Balaban J connectivity index is 2.71. The van der Waals surface area contributed by atoms with Crippen LogP contribution in [0.1, 0.15) is 68.7 Å². The third-order valence-corrected chi connectivity index (χ3v) is 4.04. The third-order valence-electron chi connectivity index (χ3n) is 4.04. The van der Waals surface area contributed by atoms with Crippen molar-refractivity contribution in [2.75, 3.05) is 0 Å². The molecule has 0 radical (unpaired) electrons. The summed E-state index contributed by atoms with van der Waals surface area (Å²) < 4.78 is 0. The van der Waals surface area contributed by atoms with Gasteiger partial charge in [0.1, 0.15) is 0 Å². The highest BCUT2D eigenvalue weighted by Gasteiger charge is 2.16. The number of hydrogen-bond acceptors (Lipinski definition) is 1. The minimum atomic E-state index is 0.202. The standard InChI is InChI=1S/C17H29N/c1-5-7-11-15(6-2)12-16(18)17-13(3)9-8-10-14(17)4/h8-10,15-16H,5-7,11-12,18H2,1-4H3. The fourth-order valence-corrected chi connectivity index (χ4v) is 2.87. The summed E-state index contributed by atoms with van der Waals surface area (Å²) >= 11 is 0. The molecule has 0 amide bonds. The van der Waals surface area contributed by atoms with Crippen molar-refractivity contribution in [2.45, 2.75) is 65.8 Å². The molecule has 0 bridgehead atoms. The molecule has 0 aliphatic rings. The van der Waals surface area contributed by atoms with Crippen LogP contribution in [0.25, 0.3) is 0 Å². The van der Waals surface area contributed by atoms with Crippen LogP contribution >= 0.6 is 0 Å². The van der Waals surface area contributed by atoms with Gasteiger partial charge in [-0.2, -0.15) is 0 Å². The molecular weight excluding hydrogens is 218 g/mol. The second-order valence-corrected chi connectivity index (χ2v) is 5.56. The summed E-state index contributed by atoms with van der Waals surface area (Å²) in [5.41, 5.74) is 10.5. The summed E-state index contributed by atoms with van der Waals surface area (Å²) in [6, 6.07) is 6.67. The molecule has 1 aromatic carbocycles. The number of unbranched alkanes of at least 4 members (excludes halogenated alkanes) is 1. The summed E-state index contributed by atoms with van der Waals surface area (Å²) in [6.07, 6.45) is 6.32. The van der Waals surface area contributed by atoms with Gasteiger partial charge in [0.25, 0.3) is 0 Å². The molecule has 0 aliphatic heterocycles. The molecule has 0 aliphatic carbocycles. The minimum Gasteiger partial charge on any atom is -0.324 e. The highest BCUT2D eigenvalue weighted by molar-refractivity contribution is 5.35. The molecule has 2 unspecified atom stereocenters. The maximum Gasteiger partial charge on any atom is 0.0302 e. The van der Waals surface area contributed by atoms with Crippen molar-refractivity contribution in [1.82, 2.24) is 0 Å². The first kappa shape index (κ1) is 15.2. The van der Waals surface area contributed by atoms with E-state index >= 15 is 0 Å². The Hall–Kier alpha value is -0.820. The highest BCUT2D eigenvalue weighted by Crippen LogP contribution is 2.28. The van der Waals surface area contributed by atoms with Gasteiger partial charge in [0, 0.05) is 6.04 Å². The van der Waals surface area contributed by atoms with E-state index in [9.17, 15) is 0 Å². The predicted octanol–water partition coefficient (Wildman–Crippen LogP) is 4.91. The van der Waals surface area contributed by atoms with Gasteiger partial charge in [0.05, 0.1) is 0 Å². The lowest BCUT2D eigenvalue weighted by Gasteiger charge is -2.22. The van der Waals surface area contributed by atoms with Crippen molar-refractivity contribution in [2.24, 2.45) is 11.7 Å². The zero-order valence-corrected chi connectivity index (χ0v) is 12.5. The summed E-state index contributed by atoms with van der Waals surface area (Å²) in [5, 5.41) is 0. The number of nitrogens with two attached hydrogens (primary N) is 1. The minimum absolute atomic E-state index is 0.202. The maximum atomic E-state index is 6.44. The number of benzene rings is 1. The third kappa shape index (κ3) is 4.13. The van der Waals surface area contributed by atoms with Crippen LogP contribution in [0.2, 0.25) is 0 Å². The molecule has 1 nitrogen and oxygen atoms in total. The Morgan fingerprint density at radius 3 is 2.22 bits per heavy atom. The van der Waals surface area contributed by atoms with E-state index in [0.29, 0.717) is 0 Å². The van der Waals surface area contributed by atoms with E-state index in [1.165, 1.54) is 42.4 Å². The molecule has 18 heavy (non-hydrogen) atoms. The van der Waals surface area contributed by atoms with Crippen molar-refractivity contribution in [3.8, 4) is 0 Å². The molecule has 1 heteroatoms. The van der Waals surface area contributed by atoms with Gasteiger partial charge in [0.2, 0.25) is 0 Å². The topological polar surface area (TPSA) is 26.0 Å². The van der Waals surface area contributed by atoms with E-state index in [0.717, 1.165) is 12.3 Å². The Bertz CT molecular complexity index is 336. The van der Waals surface area contributed by atoms with Crippen LogP contribution in [0.3, 0.4) is 0 Å². The SMILES string of the molecule is CCCCC(CC)CC(N)c1c(C)cccc1C. The highest BCUT2D eigenvalue weighted by atomic mass is 14.6. The molecule has 0 spiro atoms. The van der Waals surface area contributed by atoms with E-state index in [2.05, 4.69) is 45.9 Å². The average Bonchev–Trinajstić information content (AvgIpc) is 2.34. The van der Waals surface area contributed by atoms with Gasteiger partial charge in [0.15, 0.2) is 0 Å². The van der Waals surface area contributed by atoms with E-state index in [1.54, 1.807) is 0 Å². The van der Waals surface area contributed by atoms with E-state index < -0.39 is 0 Å². The van der Waals surface area contributed by atoms with E-state index in [4.69, 9.17) is 5.73 Å². The van der Waals surface area contributed by atoms with Crippen LogP contribution in [0.5, 0.6) is 0 Å². The first-order valence-corrected chi connectivity index (χ1v) is 7.41. The Labute approximate surface area is 113 Å². The molecule has 1 rings (SSSR count). The van der Waals surface area contributed by atoms with E-state index in [1.807, 2.05) is 0 Å². The van der Waals surface area contributed by atoms with Gasteiger partial charge in [-0.1, -0.05) is 57.7 Å². The zero-order chi connectivity index (χ0) is 13.5. The van der Waals surface area contributed by atoms with Crippen LogP contribution in [-0.2, 0) is 0 Å². The second-order valence-electron chi connectivity index (χ2n) is 5.56. The largest absolute Gasteiger partial charge is 0.324 e. The fourth-order valence-electron chi connectivity index (χ4n) is 2.87. The lowest BCUT2D eigenvalue weighted by atomic mass is 9.86. The van der Waals surface area contributed by atoms with Crippen LogP contribution in [0.15, 0.2) is 18.2 Å². The van der Waals surface area contributed by atoms with Crippen molar-refractivity contribution in [3.63, 3.8) is 0 Å². The van der Waals surface area contributed by atoms with E-state index in [-0.39, 0.29) is 6.04 Å². The number of hydrogen-bond donors (Lipinski definition) is 1. The first-order chi connectivity index (χ1) is 8.60. The lowest BCUT2D eigenvalue weighted by molar-refractivity contribution is 0.387. The Morgan fingerprint density at radius 1 is 1.11 bits per heavy atom. The normalized spacial score (nSPS) is 14.5. The summed E-state index contributed by atoms with van der Waals surface area (Å²) in [7, 11) is 0. The van der Waals surface area contributed by atoms with Gasteiger partial charge in [-0.3, -0.25) is 0 Å². The van der Waals surface area contributed by atoms with Crippen molar-refractivity contribution in [1.29, 1.82) is 0 Å². The molecule has 0 aromatic heterocycles. The summed E-state index contributed by atoms with van der Waals surface area (Å²) in [4.78, 5) is 0. The van der Waals surface area contributed by atoms with Crippen LogP contribution in [0.4, 0.5) is 0 Å². The molecule has 2 N–H and O–H groups in total. The van der Waals surface area contributed by atoms with Crippen LogP contribution < -0.4 is 5.73 Å². The molecule has 0 fully saturated rings. The molecule has 1 aromatic rings. The lowest BCUT2D eigenvalue weighted by Crippen LogP contribution is -2.17. The molecule has 0 saturated heterocycles. The number of aryl methyl sites for hydroxylation is 2. The van der Waals surface area contributed by atoms with Gasteiger partial charge in [-0.25, -0.2) is 0 Å². The first-order valence-electron chi connectivity index (χ1n) is 7.41. The van der Waals surface area contributed by atoms with Gasteiger partial charge < -0.3 is 5.73 Å². The van der Waals surface area contributed by atoms with Crippen molar-refractivity contribution in [3.05, 3.63) is 34.9 Å². The van der Waals surface area contributed by atoms with Crippen LogP contribution in [-0.4, -0.2) is 0 Å². The van der Waals surface area contributed by atoms with Crippen molar-refractivity contribution < 1.29 is 0 Å². The van der Waals surface area contributed by atoms with Gasteiger partial charge >= 0.3 is 0 Å². The monoisotopic (exact) mass is 247 g/mol. The summed E-state index contributed by atoms with van der Waals surface area (Å²) in [5.74, 6) is 0.777. The molecular formula is C17H29N. The molecule has 102 valence electrons.